The van der Waals surface area contributed by atoms with E-state index in [9.17, 15) is 14.0 Å². The van der Waals surface area contributed by atoms with Crippen LogP contribution in [-0.4, -0.2) is 15.5 Å². The molecule has 7 heteroatoms. The zero-order chi connectivity index (χ0) is 15.2. The molecule has 2 rings (SSSR count). The van der Waals surface area contributed by atoms with Crippen molar-refractivity contribution in [2.24, 2.45) is 0 Å². The molecule has 0 unspecified atom stereocenters. The molecule has 0 aliphatic carbocycles. The molecule has 0 bridgehead atoms. The van der Waals surface area contributed by atoms with Crippen LogP contribution in [0.5, 0.6) is 0 Å². The molecular weight excluding hydrogens is 275 g/mol. The molecule has 0 fully saturated rings. The fourth-order valence-corrected chi connectivity index (χ4v) is 1.81. The Balaban J connectivity index is 1.87. The normalized spacial score (nSPS) is 10.3. The van der Waals surface area contributed by atoms with Crippen LogP contribution in [0.25, 0.3) is 0 Å². The predicted molar refractivity (Wildman–Crippen MR) is 77.2 cm³/mol. The highest BCUT2D eigenvalue weighted by molar-refractivity contribution is 5.91. The van der Waals surface area contributed by atoms with Crippen molar-refractivity contribution in [2.45, 2.75) is 19.4 Å². The predicted octanol–water partition coefficient (Wildman–Crippen LogP) is 1.38. The van der Waals surface area contributed by atoms with E-state index in [0.29, 0.717) is 18.7 Å². The van der Waals surface area contributed by atoms with Crippen molar-refractivity contribution < 1.29 is 9.18 Å². The van der Waals surface area contributed by atoms with Crippen LogP contribution in [0.4, 0.5) is 15.8 Å². The van der Waals surface area contributed by atoms with E-state index in [1.165, 1.54) is 41.4 Å². The lowest BCUT2D eigenvalue weighted by Gasteiger charge is -2.08. The van der Waals surface area contributed by atoms with Gasteiger partial charge in [0.15, 0.2) is 0 Å². The minimum atomic E-state index is -0.541. The average Bonchev–Trinajstić information content (AvgIpc) is 2.45. The van der Waals surface area contributed by atoms with Crippen LogP contribution >= 0.6 is 0 Å². The number of aromatic nitrogens is 2. The van der Waals surface area contributed by atoms with Gasteiger partial charge in [0.2, 0.25) is 5.91 Å². The maximum Gasteiger partial charge on any atom is 0.253 e. The van der Waals surface area contributed by atoms with Gasteiger partial charge < -0.3 is 11.1 Å². The number of rotatable bonds is 5. The van der Waals surface area contributed by atoms with Crippen molar-refractivity contribution in [3.63, 3.8) is 0 Å². The zero-order valence-electron chi connectivity index (χ0n) is 11.3. The van der Waals surface area contributed by atoms with Crippen LogP contribution in [0.15, 0.2) is 41.6 Å². The van der Waals surface area contributed by atoms with Crippen LogP contribution in [0.1, 0.15) is 12.8 Å². The van der Waals surface area contributed by atoms with Crippen molar-refractivity contribution in [3.05, 3.63) is 53.0 Å². The van der Waals surface area contributed by atoms with Crippen LogP contribution < -0.4 is 16.6 Å². The van der Waals surface area contributed by atoms with Gasteiger partial charge >= 0.3 is 0 Å². The largest absolute Gasteiger partial charge is 0.399 e. The number of amides is 1. The van der Waals surface area contributed by atoms with E-state index in [2.05, 4.69) is 10.3 Å². The molecule has 110 valence electrons. The number of anilines is 2. The third-order valence-electron chi connectivity index (χ3n) is 2.86. The van der Waals surface area contributed by atoms with Crippen molar-refractivity contribution in [1.29, 1.82) is 0 Å². The second kappa shape index (κ2) is 6.65. The molecule has 1 amide bonds. The quantitative estimate of drug-likeness (QED) is 0.814. The molecule has 3 N–H and O–H groups in total. The second-order valence-electron chi connectivity index (χ2n) is 4.50. The molecule has 21 heavy (non-hydrogen) atoms. The van der Waals surface area contributed by atoms with E-state index in [1.54, 1.807) is 0 Å². The Morgan fingerprint density at radius 3 is 2.95 bits per heavy atom. The number of halogens is 1. The Hall–Kier alpha value is -2.70. The van der Waals surface area contributed by atoms with E-state index < -0.39 is 5.82 Å². The summed E-state index contributed by atoms with van der Waals surface area (Å²) in [5.41, 5.74) is 5.78. The van der Waals surface area contributed by atoms with Gasteiger partial charge in [-0.05, 0) is 24.6 Å². The van der Waals surface area contributed by atoms with Crippen LogP contribution in [0.2, 0.25) is 0 Å². The maximum absolute atomic E-state index is 13.4. The van der Waals surface area contributed by atoms with E-state index >= 15 is 0 Å². The first kappa shape index (κ1) is 14.7. The highest BCUT2D eigenvalue weighted by Crippen LogP contribution is 2.17. The third-order valence-corrected chi connectivity index (χ3v) is 2.86. The number of nitrogens with one attached hydrogen (secondary N) is 1. The molecule has 0 saturated carbocycles. The number of carbonyl (C=O) groups excluding carboxylic acids is 1. The summed E-state index contributed by atoms with van der Waals surface area (Å²) in [6.45, 7) is 0.375. The Morgan fingerprint density at radius 1 is 1.38 bits per heavy atom. The molecule has 0 radical (unpaired) electrons. The second-order valence-corrected chi connectivity index (χ2v) is 4.50. The van der Waals surface area contributed by atoms with Gasteiger partial charge in [-0.3, -0.25) is 14.2 Å². The number of nitrogens with two attached hydrogens (primary N) is 1. The SMILES string of the molecule is Nc1ccc(F)c(NC(=O)CCCn2cnccc2=O)c1. The van der Waals surface area contributed by atoms with Gasteiger partial charge in [0.05, 0.1) is 12.0 Å². The van der Waals surface area contributed by atoms with Gasteiger partial charge in [0.1, 0.15) is 5.82 Å². The number of nitrogens with zero attached hydrogens (tertiary/aromatic N) is 2. The Kier molecular flexibility index (Phi) is 4.65. The van der Waals surface area contributed by atoms with Gasteiger partial charge in [-0.15, -0.1) is 0 Å². The van der Waals surface area contributed by atoms with Gasteiger partial charge in [0, 0.05) is 30.9 Å². The number of carbonyl (C=O) groups is 1. The first-order valence-corrected chi connectivity index (χ1v) is 6.41. The molecule has 0 aliphatic heterocycles. The lowest BCUT2D eigenvalue weighted by molar-refractivity contribution is -0.116. The van der Waals surface area contributed by atoms with Gasteiger partial charge in [-0.2, -0.15) is 0 Å². The minimum Gasteiger partial charge on any atom is -0.399 e. The van der Waals surface area contributed by atoms with Gasteiger partial charge in [-0.25, -0.2) is 9.37 Å². The number of nitrogen functional groups attached to an aromatic ring is 1. The molecule has 6 nitrogen and oxygen atoms in total. The van der Waals surface area contributed by atoms with Crippen molar-refractivity contribution in [3.8, 4) is 0 Å². The summed E-state index contributed by atoms with van der Waals surface area (Å²) in [5, 5.41) is 2.45. The Bertz CT molecular complexity index is 699. The molecule has 1 aromatic heterocycles. The van der Waals surface area contributed by atoms with Crippen molar-refractivity contribution >= 4 is 17.3 Å². The van der Waals surface area contributed by atoms with Crippen LogP contribution in [0.3, 0.4) is 0 Å². The number of benzene rings is 1. The molecular formula is C14H15FN4O2. The first-order chi connectivity index (χ1) is 10.1. The smallest absolute Gasteiger partial charge is 0.253 e. The topological polar surface area (TPSA) is 90.0 Å². The zero-order valence-corrected chi connectivity index (χ0v) is 11.3. The summed E-state index contributed by atoms with van der Waals surface area (Å²) in [5.74, 6) is -0.877. The highest BCUT2D eigenvalue weighted by Gasteiger charge is 2.07. The Labute approximate surface area is 120 Å². The molecule has 2 aromatic rings. The van der Waals surface area contributed by atoms with E-state index in [0.717, 1.165) is 0 Å². The fraction of sp³-hybridized carbons (Fsp3) is 0.214. The number of aryl methyl sites for hydroxylation is 1. The lowest BCUT2D eigenvalue weighted by atomic mass is 10.2. The standard InChI is InChI=1S/C14H15FN4O2/c15-11-4-3-10(16)8-12(11)18-13(20)2-1-7-19-9-17-6-5-14(19)21/h3-6,8-9H,1-2,7,16H2,(H,18,20). The first-order valence-electron chi connectivity index (χ1n) is 6.41. The maximum atomic E-state index is 13.4. The van der Waals surface area contributed by atoms with Crippen LogP contribution in [0, 0.1) is 5.82 Å². The Morgan fingerprint density at radius 2 is 2.19 bits per heavy atom. The van der Waals surface area contributed by atoms with E-state index in [-0.39, 0.29) is 23.6 Å². The van der Waals surface area contributed by atoms with Gasteiger partial charge in [0.25, 0.3) is 5.56 Å². The number of hydrogen-bond donors (Lipinski definition) is 2. The molecule has 1 aromatic carbocycles. The lowest BCUT2D eigenvalue weighted by Crippen LogP contribution is -2.20. The van der Waals surface area contributed by atoms with E-state index in [4.69, 9.17) is 5.73 Å². The summed E-state index contributed by atoms with van der Waals surface area (Å²) in [6, 6.07) is 5.32. The molecule has 1 heterocycles. The molecule has 0 aliphatic rings. The van der Waals surface area contributed by atoms with Gasteiger partial charge in [-0.1, -0.05) is 0 Å². The van der Waals surface area contributed by atoms with E-state index in [1.807, 2.05) is 0 Å². The van der Waals surface area contributed by atoms with Crippen molar-refractivity contribution in [2.75, 3.05) is 11.1 Å². The highest BCUT2D eigenvalue weighted by atomic mass is 19.1. The summed E-state index contributed by atoms with van der Waals surface area (Å²) in [4.78, 5) is 27.0. The average molecular weight is 290 g/mol. The fourth-order valence-electron chi connectivity index (χ4n) is 1.81. The molecule has 0 atom stereocenters. The summed E-state index contributed by atoms with van der Waals surface area (Å²) >= 11 is 0. The summed E-state index contributed by atoms with van der Waals surface area (Å²) in [7, 11) is 0. The molecule has 0 spiro atoms. The monoisotopic (exact) mass is 290 g/mol. The minimum absolute atomic E-state index is 0.0542. The summed E-state index contributed by atoms with van der Waals surface area (Å²) < 4.78 is 14.9. The summed E-state index contributed by atoms with van der Waals surface area (Å²) in [6.07, 6.45) is 3.43. The molecule has 0 saturated heterocycles. The van der Waals surface area contributed by atoms with Crippen molar-refractivity contribution in [1.82, 2.24) is 9.55 Å². The number of hydrogen-bond acceptors (Lipinski definition) is 4. The third kappa shape index (κ3) is 4.13. The van der Waals surface area contributed by atoms with Crippen LogP contribution in [-0.2, 0) is 11.3 Å².